The van der Waals surface area contributed by atoms with Gasteiger partial charge in [-0.15, -0.1) is 0 Å². The predicted molar refractivity (Wildman–Crippen MR) is 137 cm³/mol. The van der Waals surface area contributed by atoms with Gasteiger partial charge in [0.25, 0.3) is 0 Å². The molecule has 196 valence electrons. The number of hydrogen-bond donors (Lipinski definition) is 0. The molecule has 2 amide bonds. The van der Waals surface area contributed by atoms with E-state index in [9.17, 15) is 9.59 Å². The van der Waals surface area contributed by atoms with Crippen LogP contribution in [0, 0.1) is 0 Å². The molecule has 1 spiro atoms. The van der Waals surface area contributed by atoms with Gasteiger partial charge < -0.3 is 24.2 Å². The molecule has 36 heavy (non-hydrogen) atoms. The monoisotopic (exact) mass is 495 g/mol. The van der Waals surface area contributed by atoms with Crippen molar-refractivity contribution in [1.82, 2.24) is 14.7 Å². The molecule has 1 aromatic rings. The fourth-order valence-corrected chi connectivity index (χ4v) is 7.48. The van der Waals surface area contributed by atoms with Crippen LogP contribution in [0.1, 0.15) is 82.3 Å². The molecule has 4 aliphatic heterocycles. The van der Waals surface area contributed by atoms with Gasteiger partial charge in [0.1, 0.15) is 6.10 Å². The molecule has 0 radical (unpaired) electrons. The SMILES string of the molecule is CCCOC(=O)N1C2CCC1CC(N1CCC3(CC1)CN(C(=O)OC1CCC1)Cc1ccccc13)C2. The summed E-state index contributed by atoms with van der Waals surface area (Å²) in [5, 5.41) is 0. The van der Waals surface area contributed by atoms with E-state index in [-0.39, 0.29) is 23.7 Å². The lowest BCUT2D eigenvalue weighted by Crippen LogP contribution is -2.57. The molecule has 6 rings (SSSR count). The second-order valence-electron chi connectivity index (χ2n) is 11.8. The number of ether oxygens (including phenoxy) is 2. The number of hydrogen-bond acceptors (Lipinski definition) is 5. The Morgan fingerprint density at radius 1 is 0.972 bits per heavy atom. The third-order valence-electron chi connectivity index (χ3n) is 9.64. The van der Waals surface area contributed by atoms with Crippen LogP contribution in [-0.4, -0.2) is 77.4 Å². The Morgan fingerprint density at radius 3 is 2.36 bits per heavy atom. The maximum Gasteiger partial charge on any atom is 0.410 e. The first-order chi connectivity index (χ1) is 17.6. The molecule has 1 aromatic carbocycles. The van der Waals surface area contributed by atoms with Gasteiger partial charge >= 0.3 is 12.2 Å². The first kappa shape index (κ1) is 24.1. The van der Waals surface area contributed by atoms with E-state index < -0.39 is 0 Å². The van der Waals surface area contributed by atoms with E-state index in [1.54, 1.807) is 0 Å². The Balaban J connectivity index is 1.12. The average molecular weight is 496 g/mol. The summed E-state index contributed by atoms with van der Waals surface area (Å²) in [6.45, 7) is 6.06. The van der Waals surface area contributed by atoms with Crippen molar-refractivity contribution in [3.8, 4) is 0 Å². The standard InChI is InChI=1S/C29H41N3O4/c1-2-16-35-28(34)32-22-10-11-23(32)18-24(17-22)30-14-12-29(13-15-30)20-31(27(33)36-25-7-5-8-25)19-21-6-3-4-9-26(21)29/h3-4,6,9,22-25H,2,5,7-8,10-20H2,1H3. The van der Waals surface area contributed by atoms with Crippen LogP contribution in [0.25, 0.3) is 0 Å². The van der Waals surface area contributed by atoms with Crippen molar-refractivity contribution in [3.05, 3.63) is 35.4 Å². The molecular weight excluding hydrogens is 454 g/mol. The van der Waals surface area contributed by atoms with E-state index in [1.165, 1.54) is 17.5 Å². The highest BCUT2D eigenvalue weighted by molar-refractivity contribution is 5.69. The molecule has 4 heterocycles. The molecule has 3 saturated heterocycles. The van der Waals surface area contributed by atoms with Crippen LogP contribution in [0.2, 0.25) is 0 Å². The van der Waals surface area contributed by atoms with Crippen LogP contribution in [0.15, 0.2) is 24.3 Å². The van der Waals surface area contributed by atoms with Crippen molar-refractivity contribution in [2.24, 2.45) is 0 Å². The molecule has 2 unspecified atom stereocenters. The van der Waals surface area contributed by atoms with Crippen LogP contribution in [0.4, 0.5) is 9.59 Å². The van der Waals surface area contributed by atoms with Gasteiger partial charge in [-0.1, -0.05) is 31.2 Å². The zero-order valence-corrected chi connectivity index (χ0v) is 21.7. The number of likely N-dealkylation sites (tertiary alicyclic amines) is 1. The van der Waals surface area contributed by atoms with Crippen molar-refractivity contribution < 1.29 is 19.1 Å². The lowest BCUT2D eigenvalue weighted by molar-refractivity contribution is 0.00308. The fourth-order valence-electron chi connectivity index (χ4n) is 7.48. The molecule has 7 nitrogen and oxygen atoms in total. The van der Waals surface area contributed by atoms with E-state index in [0.29, 0.717) is 31.3 Å². The number of nitrogens with zero attached hydrogens (tertiary/aromatic N) is 3. The number of fused-ring (bicyclic) bond motifs is 4. The van der Waals surface area contributed by atoms with Crippen LogP contribution in [0.5, 0.6) is 0 Å². The minimum absolute atomic E-state index is 0.00756. The summed E-state index contributed by atoms with van der Waals surface area (Å²) >= 11 is 0. The minimum Gasteiger partial charge on any atom is -0.449 e. The summed E-state index contributed by atoms with van der Waals surface area (Å²) in [7, 11) is 0. The summed E-state index contributed by atoms with van der Waals surface area (Å²) in [6, 6.07) is 9.91. The summed E-state index contributed by atoms with van der Waals surface area (Å²) in [4.78, 5) is 32.4. The molecule has 0 N–H and O–H groups in total. The van der Waals surface area contributed by atoms with Crippen molar-refractivity contribution >= 4 is 12.2 Å². The summed E-state index contributed by atoms with van der Waals surface area (Å²) < 4.78 is 11.3. The summed E-state index contributed by atoms with van der Waals surface area (Å²) in [5.41, 5.74) is 2.72. The highest BCUT2D eigenvalue weighted by atomic mass is 16.6. The Morgan fingerprint density at radius 2 is 1.69 bits per heavy atom. The lowest BCUT2D eigenvalue weighted by atomic mass is 9.68. The minimum atomic E-state index is -0.130. The normalized spacial score (nSPS) is 29.5. The van der Waals surface area contributed by atoms with Crippen molar-refractivity contribution in [2.75, 3.05) is 26.2 Å². The van der Waals surface area contributed by atoms with Crippen molar-refractivity contribution in [2.45, 2.75) is 107 Å². The number of benzene rings is 1. The number of rotatable bonds is 4. The molecular formula is C29H41N3O4. The van der Waals surface area contributed by atoms with Gasteiger partial charge in [-0.3, -0.25) is 0 Å². The van der Waals surface area contributed by atoms with E-state index in [4.69, 9.17) is 9.47 Å². The van der Waals surface area contributed by atoms with Crippen molar-refractivity contribution in [3.63, 3.8) is 0 Å². The fraction of sp³-hybridized carbons (Fsp3) is 0.724. The molecule has 0 aromatic heterocycles. The van der Waals surface area contributed by atoms with Gasteiger partial charge in [0, 0.05) is 36.6 Å². The van der Waals surface area contributed by atoms with Crippen molar-refractivity contribution in [1.29, 1.82) is 0 Å². The van der Waals surface area contributed by atoms with Gasteiger partial charge in [-0.2, -0.15) is 0 Å². The first-order valence-electron chi connectivity index (χ1n) is 14.3. The third kappa shape index (κ3) is 4.37. The second-order valence-corrected chi connectivity index (χ2v) is 11.8. The first-order valence-corrected chi connectivity index (χ1v) is 14.3. The quantitative estimate of drug-likeness (QED) is 0.584. The van der Waals surface area contributed by atoms with E-state index in [0.717, 1.165) is 77.4 Å². The van der Waals surface area contributed by atoms with E-state index in [2.05, 4.69) is 34.1 Å². The summed E-state index contributed by atoms with van der Waals surface area (Å²) in [5.74, 6) is 0. The third-order valence-corrected chi connectivity index (χ3v) is 9.64. The Kier molecular flexibility index (Phi) is 6.61. The van der Waals surface area contributed by atoms with Crippen LogP contribution >= 0.6 is 0 Å². The van der Waals surface area contributed by atoms with Gasteiger partial charge in [0.15, 0.2) is 0 Å². The maximum absolute atomic E-state index is 13.0. The Bertz CT molecular complexity index is 957. The number of carbonyl (C=O) groups excluding carboxylic acids is 2. The molecule has 2 bridgehead atoms. The number of piperidine rings is 2. The highest BCUT2D eigenvalue weighted by Crippen LogP contribution is 2.45. The largest absolute Gasteiger partial charge is 0.449 e. The smallest absolute Gasteiger partial charge is 0.410 e. The summed E-state index contributed by atoms with van der Waals surface area (Å²) in [6.07, 6.45) is 10.4. The van der Waals surface area contributed by atoms with Gasteiger partial charge in [-0.05, 0) is 88.4 Å². The van der Waals surface area contributed by atoms with Crippen LogP contribution < -0.4 is 0 Å². The average Bonchev–Trinajstić information content (AvgIpc) is 3.14. The maximum atomic E-state index is 13.0. The molecule has 7 heteroatoms. The van der Waals surface area contributed by atoms with Gasteiger partial charge in [0.05, 0.1) is 6.61 Å². The predicted octanol–water partition coefficient (Wildman–Crippen LogP) is 5.07. The molecule has 2 atom stereocenters. The Hall–Kier alpha value is -2.28. The molecule has 1 saturated carbocycles. The van der Waals surface area contributed by atoms with Gasteiger partial charge in [-0.25, -0.2) is 9.59 Å². The zero-order chi connectivity index (χ0) is 24.7. The van der Waals surface area contributed by atoms with E-state index in [1.807, 2.05) is 11.8 Å². The topological polar surface area (TPSA) is 62.3 Å². The number of amides is 2. The lowest BCUT2D eigenvalue weighted by Gasteiger charge is -2.51. The van der Waals surface area contributed by atoms with E-state index >= 15 is 0 Å². The highest BCUT2D eigenvalue weighted by Gasteiger charge is 2.48. The molecule has 5 aliphatic rings. The van der Waals surface area contributed by atoms with Gasteiger partial charge in [0.2, 0.25) is 0 Å². The number of carbonyl (C=O) groups is 2. The van der Waals surface area contributed by atoms with Crippen LogP contribution in [0.3, 0.4) is 0 Å². The van der Waals surface area contributed by atoms with Crippen LogP contribution in [-0.2, 0) is 21.4 Å². The zero-order valence-electron chi connectivity index (χ0n) is 21.7. The molecule has 1 aliphatic carbocycles. The molecule has 4 fully saturated rings. The second kappa shape index (κ2) is 9.88. The Labute approximate surface area is 215 Å².